The van der Waals surface area contributed by atoms with Crippen molar-refractivity contribution in [3.05, 3.63) is 35.5 Å². The maximum absolute atomic E-state index is 10.9. The molecule has 3 aromatic rings. The summed E-state index contributed by atoms with van der Waals surface area (Å²) in [5.41, 5.74) is 7.66. The summed E-state index contributed by atoms with van der Waals surface area (Å²) < 4.78 is 0. The zero-order chi connectivity index (χ0) is 23.6. The molecule has 7 heteroatoms. The Labute approximate surface area is 195 Å². The molecule has 0 unspecified atom stereocenters. The fourth-order valence-electron chi connectivity index (χ4n) is 4.74. The number of nitrogens with one attached hydrogen (secondary N) is 2. The number of rotatable bonds is 5. The van der Waals surface area contributed by atoms with E-state index in [1.54, 1.807) is 4.90 Å². The smallest absolute Gasteiger partial charge is 0.222 e. The first-order valence-electron chi connectivity index (χ1n) is 11.9. The van der Waals surface area contributed by atoms with Crippen molar-refractivity contribution in [1.29, 1.82) is 0 Å². The summed E-state index contributed by atoms with van der Waals surface area (Å²) in [6.45, 7) is 6.12. The first-order chi connectivity index (χ1) is 15.8. The highest BCUT2D eigenvalue weighted by Gasteiger charge is 2.29. The van der Waals surface area contributed by atoms with Crippen molar-refractivity contribution < 1.29 is 9.59 Å². The summed E-state index contributed by atoms with van der Waals surface area (Å²) in [6.07, 6.45) is 6.36. The Hall–Kier alpha value is -3.09. The molecule has 5 rings (SSSR count). The van der Waals surface area contributed by atoms with Gasteiger partial charge in [0, 0.05) is 67.9 Å². The van der Waals surface area contributed by atoms with Crippen LogP contribution in [-0.2, 0) is 22.4 Å². The molecular formula is C26H35N5O2. The van der Waals surface area contributed by atoms with Crippen molar-refractivity contribution in [2.75, 3.05) is 32.1 Å². The summed E-state index contributed by atoms with van der Waals surface area (Å²) >= 11 is 0. The summed E-state index contributed by atoms with van der Waals surface area (Å²) in [5.74, 6) is 0.196. The minimum Gasteiger partial charge on any atom is -0.378 e. The van der Waals surface area contributed by atoms with Gasteiger partial charge in [0.25, 0.3) is 0 Å². The number of aromatic nitrogens is 3. The van der Waals surface area contributed by atoms with Crippen LogP contribution in [0.4, 0.5) is 5.69 Å². The molecule has 176 valence electrons. The van der Waals surface area contributed by atoms with Gasteiger partial charge in [-0.15, -0.1) is 0 Å². The average Bonchev–Trinajstić information content (AvgIpc) is 3.48. The van der Waals surface area contributed by atoms with E-state index in [-0.39, 0.29) is 5.91 Å². The second-order valence-electron chi connectivity index (χ2n) is 10.2. The van der Waals surface area contributed by atoms with Gasteiger partial charge in [-0.2, -0.15) is 5.10 Å². The van der Waals surface area contributed by atoms with Crippen LogP contribution in [0.2, 0.25) is 0 Å². The summed E-state index contributed by atoms with van der Waals surface area (Å²) in [4.78, 5) is 28.2. The van der Waals surface area contributed by atoms with Crippen LogP contribution < -0.4 is 4.90 Å². The number of benzene rings is 1. The summed E-state index contributed by atoms with van der Waals surface area (Å²) in [6, 6.07) is 8.74. The van der Waals surface area contributed by atoms with Crippen LogP contribution in [0.25, 0.3) is 22.3 Å². The first-order valence-corrected chi connectivity index (χ1v) is 11.9. The van der Waals surface area contributed by atoms with Crippen molar-refractivity contribution in [1.82, 2.24) is 20.1 Å². The SMILES string of the molecule is CN(C)c1ccc2cc(-c3n[nH]c4c3CCC(C)(C)C4)[nH]c2c1.O=CCCN1CCCC1=O. The second-order valence-corrected chi connectivity index (χ2v) is 10.2. The molecule has 0 radical (unpaired) electrons. The van der Waals surface area contributed by atoms with Gasteiger partial charge in [0.1, 0.15) is 12.0 Å². The van der Waals surface area contributed by atoms with Gasteiger partial charge in [-0.25, -0.2) is 0 Å². The Morgan fingerprint density at radius 2 is 2.03 bits per heavy atom. The molecule has 0 saturated carbocycles. The number of aldehydes is 1. The van der Waals surface area contributed by atoms with Crippen LogP contribution in [0.3, 0.4) is 0 Å². The molecule has 2 aliphatic rings. The molecule has 3 heterocycles. The standard InChI is InChI=1S/C19H24N4.C7H11NO2/c1-19(2)8-7-14-17(11-19)21-22-18(14)16-9-12-5-6-13(23(3)4)10-15(12)20-16;9-6-2-5-8-4-1-3-7(8)10/h5-6,9-10,20H,7-8,11H2,1-4H3,(H,21,22);6H,1-5H2. The molecule has 1 saturated heterocycles. The van der Waals surface area contributed by atoms with Gasteiger partial charge in [-0.3, -0.25) is 9.89 Å². The van der Waals surface area contributed by atoms with E-state index >= 15 is 0 Å². The predicted octanol–water partition coefficient (Wildman–Crippen LogP) is 4.34. The zero-order valence-electron chi connectivity index (χ0n) is 20.2. The number of carbonyl (C=O) groups is 2. The minimum absolute atomic E-state index is 0.196. The van der Waals surface area contributed by atoms with Crippen LogP contribution in [0.15, 0.2) is 24.3 Å². The highest BCUT2D eigenvalue weighted by Crippen LogP contribution is 2.38. The van der Waals surface area contributed by atoms with Crippen molar-refractivity contribution in [2.45, 2.75) is 52.4 Å². The fourth-order valence-corrected chi connectivity index (χ4v) is 4.74. The summed E-state index contributed by atoms with van der Waals surface area (Å²) in [7, 11) is 4.13. The molecule has 2 aromatic heterocycles. The number of hydrogen-bond acceptors (Lipinski definition) is 4. The van der Waals surface area contributed by atoms with Crippen LogP contribution in [0.1, 0.15) is 50.8 Å². The third-order valence-electron chi connectivity index (χ3n) is 6.73. The Bertz CT molecular complexity index is 1140. The van der Waals surface area contributed by atoms with Gasteiger partial charge in [0.05, 0.1) is 5.69 Å². The molecule has 33 heavy (non-hydrogen) atoms. The fraction of sp³-hybridized carbons (Fsp3) is 0.500. The van der Waals surface area contributed by atoms with E-state index in [1.165, 1.54) is 34.3 Å². The molecule has 1 aliphatic heterocycles. The molecule has 1 aliphatic carbocycles. The number of anilines is 1. The van der Waals surface area contributed by atoms with E-state index in [1.807, 2.05) is 0 Å². The number of carbonyl (C=O) groups excluding carboxylic acids is 2. The quantitative estimate of drug-likeness (QED) is 0.568. The van der Waals surface area contributed by atoms with Crippen molar-refractivity contribution in [2.24, 2.45) is 5.41 Å². The number of amides is 1. The van der Waals surface area contributed by atoms with Crippen LogP contribution in [-0.4, -0.2) is 59.5 Å². The molecule has 0 atom stereocenters. The Balaban J connectivity index is 0.000000219. The Morgan fingerprint density at radius 1 is 1.21 bits per heavy atom. The molecular weight excluding hydrogens is 414 g/mol. The number of H-pyrrole nitrogens is 2. The molecule has 1 amide bonds. The second kappa shape index (κ2) is 9.41. The van der Waals surface area contributed by atoms with Crippen molar-refractivity contribution in [3.8, 4) is 11.4 Å². The van der Waals surface area contributed by atoms with Gasteiger partial charge >= 0.3 is 0 Å². The third-order valence-corrected chi connectivity index (χ3v) is 6.73. The monoisotopic (exact) mass is 449 g/mol. The Kier molecular flexibility index (Phi) is 6.58. The van der Waals surface area contributed by atoms with Gasteiger partial charge < -0.3 is 19.6 Å². The zero-order valence-corrected chi connectivity index (χ0v) is 20.2. The topological polar surface area (TPSA) is 85.1 Å². The van der Waals surface area contributed by atoms with Crippen molar-refractivity contribution >= 4 is 28.8 Å². The highest BCUT2D eigenvalue weighted by atomic mass is 16.2. The number of fused-ring (bicyclic) bond motifs is 2. The van der Waals surface area contributed by atoms with Crippen LogP contribution >= 0.6 is 0 Å². The number of nitrogens with zero attached hydrogens (tertiary/aromatic N) is 3. The lowest BCUT2D eigenvalue weighted by Crippen LogP contribution is -2.25. The average molecular weight is 450 g/mol. The lowest BCUT2D eigenvalue weighted by atomic mass is 9.76. The van der Waals surface area contributed by atoms with E-state index in [2.05, 4.69) is 72.3 Å². The number of hydrogen-bond donors (Lipinski definition) is 2. The van der Waals surface area contributed by atoms with E-state index in [4.69, 9.17) is 0 Å². The first kappa shape index (κ1) is 23.1. The predicted molar refractivity (Wildman–Crippen MR) is 133 cm³/mol. The van der Waals surface area contributed by atoms with Gasteiger partial charge in [0.2, 0.25) is 5.91 Å². The molecule has 7 nitrogen and oxygen atoms in total. The van der Waals surface area contributed by atoms with Gasteiger partial charge in [-0.05, 0) is 49.3 Å². The van der Waals surface area contributed by atoms with E-state index in [0.717, 1.165) is 43.5 Å². The normalized spacial score (nSPS) is 17.0. The van der Waals surface area contributed by atoms with Crippen LogP contribution in [0, 0.1) is 5.41 Å². The molecule has 2 N–H and O–H groups in total. The lowest BCUT2D eigenvalue weighted by Gasteiger charge is -2.28. The van der Waals surface area contributed by atoms with Gasteiger partial charge in [0.15, 0.2) is 0 Å². The number of aromatic amines is 2. The largest absolute Gasteiger partial charge is 0.378 e. The van der Waals surface area contributed by atoms with Crippen LogP contribution in [0.5, 0.6) is 0 Å². The van der Waals surface area contributed by atoms with E-state index in [0.29, 0.717) is 24.8 Å². The Morgan fingerprint density at radius 3 is 2.73 bits per heavy atom. The van der Waals surface area contributed by atoms with E-state index in [9.17, 15) is 9.59 Å². The summed E-state index contributed by atoms with van der Waals surface area (Å²) in [5, 5.41) is 9.13. The maximum atomic E-state index is 10.9. The third kappa shape index (κ3) is 5.13. The molecule has 1 aromatic carbocycles. The lowest BCUT2D eigenvalue weighted by molar-refractivity contribution is -0.127. The molecule has 1 fully saturated rings. The highest BCUT2D eigenvalue weighted by molar-refractivity contribution is 5.88. The van der Waals surface area contributed by atoms with E-state index < -0.39 is 0 Å². The molecule has 0 spiro atoms. The minimum atomic E-state index is 0.196. The number of likely N-dealkylation sites (tertiary alicyclic amines) is 1. The maximum Gasteiger partial charge on any atom is 0.222 e. The molecule has 0 bridgehead atoms. The van der Waals surface area contributed by atoms with Crippen molar-refractivity contribution in [3.63, 3.8) is 0 Å². The van der Waals surface area contributed by atoms with Gasteiger partial charge in [-0.1, -0.05) is 19.9 Å².